The van der Waals surface area contributed by atoms with Crippen LogP contribution in [0.4, 0.5) is 4.39 Å². The van der Waals surface area contributed by atoms with Crippen molar-refractivity contribution in [1.82, 2.24) is 5.32 Å². The van der Waals surface area contributed by atoms with Crippen LogP contribution >= 0.6 is 11.6 Å². The van der Waals surface area contributed by atoms with Crippen molar-refractivity contribution in [3.63, 3.8) is 0 Å². The van der Waals surface area contributed by atoms with E-state index in [4.69, 9.17) is 16.3 Å². The van der Waals surface area contributed by atoms with E-state index in [1.807, 2.05) is 12.1 Å². The molecule has 0 heterocycles. The molecule has 3 rings (SSSR count). The normalized spacial score (nSPS) is 10.4. The van der Waals surface area contributed by atoms with Gasteiger partial charge in [-0.1, -0.05) is 23.7 Å². The summed E-state index contributed by atoms with van der Waals surface area (Å²) in [6.07, 6.45) is 0. The minimum atomic E-state index is -0.395. The molecule has 3 aromatic carbocycles. The van der Waals surface area contributed by atoms with E-state index in [-0.39, 0.29) is 18.3 Å². The second kappa shape index (κ2) is 9.15. The monoisotopic (exact) mass is 397 g/mol. The van der Waals surface area contributed by atoms with Gasteiger partial charge in [-0.3, -0.25) is 9.59 Å². The Kier molecular flexibility index (Phi) is 6.40. The number of ketones is 1. The predicted molar refractivity (Wildman–Crippen MR) is 105 cm³/mol. The van der Waals surface area contributed by atoms with Crippen LogP contribution in [0.3, 0.4) is 0 Å². The van der Waals surface area contributed by atoms with Crippen LogP contribution in [0, 0.1) is 5.82 Å². The highest BCUT2D eigenvalue weighted by Crippen LogP contribution is 2.16. The van der Waals surface area contributed by atoms with Gasteiger partial charge in [-0.15, -0.1) is 0 Å². The maximum absolute atomic E-state index is 13.0. The maximum atomic E-state index is 13.0. The summed E-state index contributed by atoms with van der Waals surface area (Å²) in [6.45, 7) is 0.208. The van der Waals surface area contributed by atoms with Crippen LogP contribution in [0.15, 0.2) is 72.8 Å². The van der Waals surface area contributed by atoms with Gasteiger partial charge in [0.05, 0.1) is 0 Å². The quantitative estimate of drug-likeness (QED) is 0.601. The molecule has 28 heavy (non-hydrogen) atoms. The third-order valence-corrected chi connectivity index (χ3v) is 4.21. The molecule has 0 saturated carbocycles. The lowest BCUT2D eigenvalue weighted by atomic mass is 10.0. The number of rotatable bonds is 7. The maximum Gasteiger partial charge on any atom is 0.258 e. The largest absolute Gasteiger partial charge is 0.484 e. The molecule has 0 bridgehead atoms. The minimum Gasteiger partial charge on any atom is -0.484 e. The van der Waals surface area contributed by atoms with Crippen LogP contribution in [0.25, 0.3) is 0 Å². The van der Waals surface area contributed by atoms with Crippen LogP contribution in [0.5, 0.6) is 5.75 Å². The van der Waals surface area contributed by atoms with Crippen LogP contribution in [0.1, 0.15) is 21.5 Å². The summed E-state index contributed by atoms with van der Waals surface area (Å²) in [7, 11) is 0. The van der Waals surface area contributed by atoms with E-state index in [1.165, 1.54) is 24.3 Å². The molecule has 0 aliphatic heterocycles. The Labute approximate surface area is 166 Å². The second-order valence-corrected chi connectivity index (χ2v) is 6.49. The smallest absolute Gasteiger partial charge is 0.258 e. The standard InChI is InChI=1S/C22H17ClFNO3/c23-18-3-1-2-15(12-18)13-25-21(26)14-28-20-10-6-17(7-11-20)22(27)16-4-8-19(24)9-5-16/h1-12H,13-14H2,(H,25,26). The van der Waals surface area contributed by atoms with Crippen LogP contribution in [-0.2, 0) is 11.3 Å². The first kappa shape index (κ1) is 19.6. The fourth-order valence-electron chi connectivity index (χ4n) is 2.52. The van der Waals surface area contributed by atoms with Crippen molar-refractivity contribution in [2.24, 2.45) is 0 Å². The van der Waals surface area contributed by atoms with Crippen molar-refractivity contribution in [1.29, 1.82) is 0 Å². The van der Waals surface area contributed by atoms with E-state index in [1.54, 1.807) is 36.4 Å². The summed E-state index contributed by atoms with van der Waals surface area (Å²) in [5, 5.41) is 3.35. The number of hydrogen-bond acceptors (Lipinski definition) is 3. The van der Waals surface area contributed by atoms with Crippen molar-refractivity contribution < 1.29 is 18.7 Å². The fraction of sp³-hybridized carbons (Fsp3) is 0.0909. The predicted octanol–water partition coefficient (Wildman–Crippen LogP) is 4.41. The number of benzene rings is 3. The fourth-order valence-corrected chi connectivity index (χ4v) is 2.73. The highest BCUT2D eigenvalue weighted by atomic mass is 35.5. The van der Waals surface area contributed by atoms with Crippen LogP contribution in [0.2, 0.25) is 5.02 Å². The lowest BCUT2D eigenvalue weighted by Gasteiger charge is -2.08. The molecule has 0 saturated heterocycles. The van der Waals surface area contributed by atoms with Gasteiger partial charge in [0.2, 0.25) is 0 Å². The zero-order valence-electron chi connectivity index (χ0n) is 14.8. The average molecular weight is 398 g/mol. The number of nitrogens with one attached hydrogen (secondary N) is 1. The lowest BCUT2D eigenvalue weighted by Crippen LogP contribution is -2.28. The molecule has 4 nitrogen and oxygen atoms in total. The van der Waals surface area contributed by atoms with Gasteiger partial charge in [0.1, 0.15) is 11.6 Å². The van der Waals surface area contributed by atoms with Crippen LogP contribution in [-0.4, -0.2) is 18.3 Å². The Balaban J connectivity index is 1.50. The minimum absolute atomic E-state index is 0.147. The molecular weight excluding hydrogens is 381 g/mol. The Hall–Kier alpha value is -3.18. The summed E-state index contributed by atoms with van der Waals surface area (Å²) in [5.74, 6) is -0.417. The van der Waals surface area contributed by atoms with Gasteiger partial charge in [-0.2, -0.15) is 0 Å². The molecule has 1 amide bonds. The molecule has 3 aromatic rings. The van der Waals surface area contributed by atoms with Crippen molar-refractivity contribution in [3.8, 4) is 5.75 Å². The van der Waals surface area contributed by atoms with Gasteiger partial charge in [0, 0.05) is 22.7 Å². The summed E-state index contributed by atoms with van der Waals surface area (Å²) < 4.78 is 18.4. The lowest BCUT2D eigenvalue weighted by molar-refractivity contribution is -0.123. The van der Waals surface area contributed by atoms with E-state index in [2.05, 4.69) is 5.32 Å². The molecule has 0 atom stereocenters. The third kappa shape index (κ3) is 5.41. The van der Waals surface area contributed by atoms with Crippen LogP contribution < -0.4 is 10.1 Å². The molecule has 6 heteroatoms. The molecule has 0 aromatic heterocycles. The molecule has 0 aliphatic rings. The molecular formula is C22H17ClFNO3. The summed E-state index contributed by atoms with van der Waals surface area (Å²) in [5.41, 5.74) is 1.74. The molecule has 0 unspecified atom stereocenters. The van der Waals surface area contributed by atoms with Crippen molar-refractivity contribution in [2.75, 3.05) is 6.61 Å². The van der Waals surface area contributed by atoms with E-state index in [0.717, 1.165) is 5.56 Å². The van der Waals surface area contributed by atoms with E-state index in [9.17, 15) is 14.0 Å². The van der Waals surface area contributed by atoms with Gasteiger partial charge < -0.3 is 10.1 Å². The van der Waals surface area contributed by atoms with Gasteiger partial charge in [0.15, 0.2) is 12.4 Å². The topological polar surface area (TPSA) is 55.4 Å². The van der Waals surface area contributed by atoms with Crippen molar-refractivity contribution in [3.05, 3.63) is 100 Å². The zero-order valence-corrected chi connectivity index (χ0v) is 15.6. The first-order chi connectivity index (χ1) is 13.5. The molecule has 0 radical (unpaired) electrons. The molecule has 0 fully saturated rings. The number of amides is 1. The summed E-state index contributed by atoms with van der Waals surface area (Å²) in [6, 6.07) is 19.0. The Bertz CT molecular complexity index is 972. The SMILES string of the molecule is O=C(COc1ccc(C(=O)c2ccc(F)cc2)cc1)NCc1cccc(Cl)c1. The molecule has 1 N–H and O–H groups in total. The molecule has 0 aliphatic carbocycles. The number of carbonyl (C=O) groups is 2. The van der Waals surface area contributed by atoms with Gasteiger partial charge in [-0.25, -0.2) is 4.39 Å². The van der Waals surface area contributed by atoms with E-state index in [0.29, 0.717) is 28.4 Å². The third-order valence-electron chi connectivity index (χ3n) is 3.97. The second-order valence-electron chi connectivity index (χ2n) is 6.06. The molecule has 142 valence electrons. The van der Waals surface area contributed by atoms with Gasteiger partial charge >= 0.3 is 0 Å². The van der Waals surface area contributed by atoms with Crippen molar-refractivity contribution in [2.45, 2.75) is 6.54 Å². The number of halogens is 2. The van der Waals surface area contributed by atoms with Gasteiger partial charge in [0.25, 0.3) is 5.91 Å². The Morgan fingerprint density at radius 3 is 2.21 bits per heavy atom. The Morgan fingerprint density at radius 2 is 1.57 bits per heavy atom. The average Bonchev–Trinajstić information content (AvgIpc) is 2.71. The van der Waals surface area contributed by atoms with E-state index < -0.39 is 5.82 Å². The zero-order chi connectivity index (χ0) is 19.9. The van der Waals surface area contributed by atoms with E-state index >= 15 is 0 Å². The summed E-state index contributed by atoms with van der Waals surface area (Å²) in [4.78, 5) is 24.3. The number of carbonyl (C=O) groups excluding carboxylic acids is 2. The van der Waals surface area contributed by atoms with Crippen molar-refractivity contribution >= 4 is 23.3 Å². The highest BCUT2D eigenvalue weighted by molar-refractivity contribution is 6.30. The Morgan fingerprint density at radius 1 is 0.929 bits per heavy atom. The number of hydrogen-bond donors (Lipinski definition) is 1. The highest BCUT2D eigenvalue weighted by Gasteiger charge is 2.10. The van der Waals surface area contributed by atoms with Gasteiger partial charge in [-0.05, 0) is 66.2 Å². The molecule has 0 spiro atoms. The number of ether oxygens (including phenoxy) is 1. The first-order valence-electron chi connectivity index (χ1n) is 8.55. The first-order valence-corrected chi connectivity index (χ1v) is 8.93. The summed E-state index contributed by atoms with van der Waals surface area (Å²) >= 11 is 5.90.